The molecule has 1 saturated heterocycles. The second-order valence-corrected chi connectivity index (χ2v) is 7.47. The Morgan fingerprint density at radius 3 is 2.67 bits per heavy atom. The summed E-state index contributed by atoms with van der Waals surface area (Å²) in [5.41, 5.74) is 0. The summed E-state index contributed by atoms with van der Waals surface area (Å²) in [5, 5.41) is 6.40. The van der Waals surface area contributed by atoms with Crippen molar-refractivity contribution in [1.29, 1.82) is 0 Å². The predicted molar refractivity (Wildman–Crippen MR) is 73.5 cm³/mol. The lowest BCUT2D eigenvalue weighted by Gasteiger charge is -2.15. The van der Waals surface area contributed by atoms with Crippen LogP contribution in [-0.2, 0) is 9.84 Å². The summed E-state index contributed by atoms with van der Waals surface area (Å²) in [6.45, 7) is 3.65. The fourth-order valence-corrected chi connectivity index (χ4v) is 3.86. The minimum atomic E-state index is -2.83. The van der Waals surface area contributed by atoms with Gasteiger partial charge in [-0.2, -0.15) is 0 Å². The highest BCUT2D eigenvalue weighted by Crippen LogP contribution is 2.32. The minimum absolute atomic E-state index is 0.0220. The lowest BCUT2D eigenvalue weighted by molar-refractivity contribution is 0.599. The van der Waals surface area contributed by atoms with Crippen LogP contribution in [0.25, 0.3) is 0 Å². The molecule has 5 nitrogen and oxygen atoms in total. The van der Waals surface area contributed by atoms with E-state index >= 15 is 0 Å². The van der Waals surface area contributed by atoms with Gasteiger partial charge < -0.3 is 10.6 Å². The molecule has 1 heterocycles. The third-order valence-electron chi connectivity index (χ3n) is 3.42. The number of hydrogen-bond acceptors (Lipinski definition) is 3. The van der Waals surface area contributed by atoms with Gasteiger partial charge in [-0.1, -0.05) is 12.8 Å². The van der Waals surface area contributed by atoms with Crippen molar-refractivity contribution in [3.05, 3.63) is 0 Å². The van der Waals surface area contributed by atoms with Gasteiger partial charge >= 0.3 is 0 Å². The maximum absolute atomic E-state index is 11.4. The maximum Gasteiger partial charge on any atom is 0.191 e. The number of nitrogens with one attached hydrogen (secondary N) is 2. The first-order chi connectivity index (χ1) is 8.59. The van der Waals surface area contributed by atoms with Crippen LogP contribution >= 0.6 is 0 Å². The van der Waals surface area contributed by atoms with Gasteiger partial charge in [0, 0.05) is 19.1 Å². The molecule has 6 heteroatoms. The molecule has 1 aliphatic carbocycles. The lowest BCUT2D eigenvalue weighted by atomic mass is 10.3. The van der Waals surface area contributed by atoms with Gasteiger partial charge in [-0.15, -0.1) is 0 Å². The molecule has 0 bridgehead atoms. The molecule has 0 radical (unpaired) electrons. The molecule has 1 saturated carbocycles. The van der Waals surface area contributed by atoms with E-state index in [-0.39, 0.29) is 11.8 Å². The van der Waals surface area contributed by atoms with E-state index in [1.54, 1.807) is 0 Å². The van der Waals surface area contributed by atoms with Crippen molar-refractivity contribution in [3.8, 4) is 0 Å². The van der Waals surface area contributed by atoms with Crippen LogP contribution < -0.4 is 10.6 Å². The van der Waals surface area contributed by atoms with Crippen LogP contribution in [0.4, 0.5) is 0 Å². The molecule has 2 rings (SSSR count). The molecular formula is C12H23N3O2S. The van der Waals surface area contributed by atoms with E-state index in [9.17, 15) is 8.42 Å². The number of hydrogen-bond donors (Lipinski definition) is 2. The Morgan fingerprint density at radius 2 is 2.11 bits per heavy atom. The average molecular weight is 273 g/mol. The fraction of sp³-hybridized carbons (Fsp3) is 0.917. The highest BCUT2D eigenvalue weighted by atomic mass is 32.2. The van der Waals surface area contributed by atoms with Crippen LogP contribution in [0.3, 0.4) is 0 Å². The molecule has 2 fully saturated rings. The third-order valence-corrected chi connectivity index (χ3v) is 5.19. The molecule has 104 valence electrons. The Balaban J connectivity index is 1.80. The van der Waals surface area contributed by atoms with Crippen LogP contribution in [0.1, 0.15) is 32.6 Å². The molecule has 1 aliphatic heterocycles. The zero-order chi connectivity index (χ0) is 13.0. The van der Waals surface area contributed by atoms with Gasteiger partial charge in [-0.3, -0.25) is 4.99 Å². The number of guanidine groups is 1. The van der Waals surface area contributed by atoms with E-state index < -0.39 is 9.84 Å². The van der Waals surface area contributed by atoms with E-state index in [4.69, 9.17) is 0 Å². The van der Waals surface area contributed by atoms with E-state index in [2.05, 4.69) is 15.6 Å². The molecule has 0 aromatic rings. The summed E-state index contributed by atoms with van der Waals surface area (Å²) < 4.78 is 22.8. The molecule has 0 aromatic heterocycles. The highest BCUT2D eigenvalue weighted by Gasteiger charge is 2.28. The van der Waals surface area contributed by atoms with Crippen molar-refractivity contribution in [2.24, 2.45) is 10.9 Å². The Hall–Kier alpha value is -0.780. The van der Waals surface area contributed by atoms with Gasteiger partial charge in [0.2, 0.25) is 0 Å². The summed E-state index contributed by atoms with van der Waals surface area (Å²) >= 11 is 0. The lowest BCUT2D eigenvalue weighted by Crippen LogP contribution is -2.44. The van der Waals surface area contributed by atoms with Gasteiger partial charge in [0.05, 0.1) is 11.5 Å². The number of nitrogens with zero attached hydrogens (tertiary/aromatic N) is 1. The third kappa shape index (κ3) is 4.48. The van der Waals surface area contributed by atoms with Crippen molar-refractivity contribution >= 4 is 15.8 Å². The van der Waals surface area contributed by atoms with Crippen molar-refractivity contribution < 1.29 is 8.42 Å². The first-order valence-electron chi connectivity index (χ1n) is 6.84. The highest BCUT2D eigenvalue weighted by molar-refractivity contribution is 7.91. The van der Waals surface area contributed by atoms with Gasteiger partial charge in [0.1, 0.15) is 0 Å². The van der Waals surface area contributed by atoms with Crippen molar-refractivity contribution in [2.45, 2.75) is 38.6 Å². The average Bonchev–Trinajstić information content (AvgIpc) is 3.04. The Bertz CT molecular complexity index is 402. The van der Waals surface area contributed by atoms with E-state index in [1.165, 1.54) is 12.8 Å². The van der Waals surface area contributed by atoms with Crippen molar-refractivity contribution in [1.82, 2.24) is 10.6 Å². The molecule has 18 heavy (non-hydrogen) atoms. The molecule has 1 atom stereocenters. The summed E-state index contributed by atoms with van der Waals surface area (Å²) in [5.74, 6) is 2.18. The van der Waals surface area contributed by atoms with Crippen LogP contribution in [0.5, 0.6) is 0 Å². The predicted octanol–water partition coefficient (Wildman–Crippen LogP) is 0.529. The zero-order valence-electron chi connectivity index (χ0n) is 11.0. The smallest absolute Gasteiger partial charge is 0.191 e. The second-order valence-electron chi connectivity index (χ2n) is 5.24. The Morgan fingerprint density at radius 1 is 1.33 bits per heavy atom. The van der Waals surface area contributed by atoms with Crippen molar-refractivity contribution in [2.75, 3.05) is 24.6 Å². The number of aliphatic imine (C=N–C) groups is 1. The molecule has 0 aromatic carbocycles. The van der Waals surface area contributed by atoms with E-state index in [0.717, 1.165) is 31.4 Å². The van der Waals surface area contributed by atoms with Gasteiger partial charge in [-0.25, -0.2) is 8.42 Å². The zero-order valence-corrected chi connectivity index (χ0v) is 11.8. The van der Waals surface area contributed by atoms with Crippen LogP contribution in [0.15, 0.2) is 4.99 Å². The van der Waals surface area contributed by atoms with Gasteiger partial charge in [-0.05, 0) is 25.7 Å². The van der Waals surface area contributed by atoms with Crippen LogP contribution in [-0.4, -0.2) is 45.0 Å². The molecular weight excluding hydrogens is 250 g/mol. The normalized spacial score (nSPS) is 27.2. The minimum Gasteiger partial charge on any atom is -0.357 e. The first-order valence-corrected chi connectivity index (χ1v) is 8.66. The van der Waals surface area contributed by atoms with E-state index in [1.807, 2.05) is 6.92 Å². The second kappa shape index (κ2) is 5.91. The standard InChI is InChI=1S/C12H23N3O2S/c1-2-13-12(14-7-5-10-3-4-10)15-11-6-8-18(16,17)9-11/h10-11H,2-9H2,1H3,(H2,13,14,15). The molecule has 2 N–H and O–H groups in total. The quantitative estimate of drug-likeness (QED) is 0.566. The molecule has 0 spiro atoms. The Labute approximate surface area is 109 Å². The fourth-order valence-electron chi connectivity index (χ4n) is 2.19. The monoisotopic (exact) mass is 273 g/mol. The summed E-state index contributed by atoms with van der Waals surface area (Å²) in [7, 11) is -2.83. The van der Waals surface area contributed by atoms with Gasteiger partial charge in [0.15, 0.2) is 15.8 Å². The van der Waals surface area contributed by atoms with Gasteiger partial charge in [0.25, 0.3) is 0 Å². The number of sulfone groups is 1. The topological polar surface area (TPSA) is 70.6 Å². The number of rotatable bonds is 5. The summed E-state index contributed by atoms with van der Waals surface area (Å²) in [6, 6.07) is 0.0220. The molecule has 0 amide bonds. The van der Waals surface area contributed by atoms with Crippen LogP contribution in [0, 0.1) is 5.92 Å². The summed E-state index contributed by atoms with van der Waals surface area (Å²) in [6.07, 6.45) is 4.54. The Kier molecular flexibility index (Phi) is 4.48. The molecule has 1 unspecified atom stereocenters. The van der Waals surface area contributed by atoms with E-state index in [0.29, 0.717) is 12.2 Å². The molecule has 2 aliphatic rings. The van der Waals surface area contributed by atoms with Crippen molar-refractivity contribution in [3.63, 3.8) is 0 Å². The first kappa shape index (κ1) is 13.6. The summed E-state index contributed by atoms with van der Waals surface area (Å²) in [4.78, 5) is 4.50. The maximum atomic E-state index is 11.4. The van der Waals surface area contributed by atoms with Crippen LogP contribution in [0.2, 0.25) is 0 Å². The largest absolute Gasteiger partial charge is 0.357 e. The SMILES string of the molecule is CCNC(=NCCC1CC1)NC1CCS(=O)(=O)C1.